The van der Waals surface area contributed by atoms with E-state index in [1.54, 1.807) is 37.4 Å². The second kappa shape index (κ2) is 4.78. The Kier molecular flexibility index (Phi) is 3.19. The molecule has 0 amide bonds. The highest BCUT2D eigenvalue weighted by atomic mass is 19.1. The Morgan fingerprint density at radius 1 is 1.12 bits per heavy atom. The van der Waals surface area contributed by atoms with E-state index in [2.05, 4.69) is 5.32 Å². The fraction of sp³-hybridized carbons (Fsp3) is 0.0714. The maximum atomic E-state index is 13.5. The van der Waals surface area contributed by atoms with Gasteiger partial charge in [-0.05, 0) is 24.3 Å². The summed E-state index contributed by atoms with van der Waals surface area (Å²) >= 11 is 0. The van der Waals surface area contributed by atoms with Crippen molar-refractivity contribution in [3.05, 3.63) is 65.5 Å². The van der Waals surface area contributed by atoms with Crippen LogP contribution in [0.5, 0.6) is 0 Å². The minimum atomic E-state index is -0.493. The van der Waals surface area contributed by atoms with Gasteiger partial charge in [-0.2, -0.15) is 0 Å². The van der Waals surface area contributed by atoms with Gasteiger partial charge in [0.25, 0.3) is 0 Å². The Morgan fingerprint density at radius 2 is 1.88 bits per heavy atom. The molecule has 0 atom stereocenters. The lowest BCUT2D eigenvalue weighted by Gasteiger charge is -2.05. The molecule has 0 fully saturated rings. The average Bonchev–Trinajstić information content (AvgIpc) is 2.38. The third kappa shape index (κ3) is 2.33. The summed E-state index contributed by atoms with van der Waals surface area (Å²) in [6.07, 6.45) is 0. The van der Waals surface area contributed by atoms with Crippen LogP contribution in [-0.4, -0.2) is 12.8 Å². The van der Waals surface area contributed by atoms with Gasteiger partial charge in [0, 0.05) is 18.3 Å². The van der Waals surface area contributed by atoms with Crippen molar-refractivity contribution in [3.63, 3.8) is 0 Å². The summed E-state index contributed by atoms with van der Waals surface area (Å²) in [7, 11) is 1.77. The second-order valence-electron chi connectivity index (χ2n) is 3.64. The van der Waals surface area contributed by atoms with Crippen LogP contribution in [0.1, 0.15) is 15.9 Å². The molecule has 17 heavy (non-hydrogen) atoms. The van der Waals surface area contributed by atoms with E-state index < -0.39 is 5.82 Å². The van der Waals surface area contributed by atoms with E-state index in [9.17, 15) is 9.18 Å². The van der Waals surface area contributed by atoms with Crippen LogP contribution in [0.4, 0.5) is 10.1 Å². The Morgan fingerprint density at radius 3 is 2.59 bits per heavy atom. The third-order valence-corrected chi connectivity index (χ3v) is 2.53. The highest BCUT2D eigenvalue weighted by Gasteiger charge is 2.13. The van der Waals surface area contributed by atoms with Crippen LogP contribution in [0.3, 0.4) is 0 Å². The van der Waals surface area contributed by atoms with Crippen LogP contribution in [0.25, 0.3) is 0 Å². The molecule has 0 aliphatic carbocycles. The SMILES string of the molecule is CNc1cccc(C(=O)c2ccccc2F)c1. The minimum Gasteiger partial charge on any atom is -0.388 e. The summed E-state index contributed by atoms with van der Waals surface area (Å²) in [6, 6.07) is 13.0. The van der Waals surface area contributed by atoms with Gasteiger partial charge < -0.3 is 5.32 Å². The molecule has 2 rings (SSSR count). The topological polar surface area (TPSA) is 29.1 Å². The highest BCUT2D eigenvalue weighted by Crippen LogP contribution is 2.16. The lowest BCUT2D eigenvalue weighted by molar-refractivity contribution is 0.103. The largest absolute Gasteiger partial charge is 0.388 e. The molecule has 0 aliphatic heterocycles. The number of hydrogen-bond donors (Lipinski definition) is 1. The van der Waals surface area contributed by atoms with Gasteiger partial charge >= 0.3 is 0 Å². The molecule has 0 saturated heterocycles. The number of benzene rings is 2. The molecular formula is C14H12FNO. The second-order valence-corrected chi connectivity index (χ2v) is 3.64. The molecule has 3 heteroatoms. The quantitative estimate of drug-likeness (QED) is 0.819. The maximum Gasteiger partial charge on any atom is 0.196 e. The van der Waals surface area contributed by atoms with Crippen molar-refractivity contribution in [2.24, 2.45) is 0 Å². The lowest BCUT2D eigenvalue weighted by Crippen LogP contribution is -2.04. The van der Waals surface area contributed by atoms with E-state index in [-0.39, 0.29) is 11.3 Å². The number of anilines is 1. The van der Waals surface area contributed by atoms with E-state index >= 15 is 0 Å². The number of carbonyl (C=O) groups excluding carboxylic acids is 1. The van der Waals surface area contributed by atoms with Crippen LogP contribution in [-0.2, 0) is 0 Å². The van der Waals surface area contributed by atoms with Crippen LogP contribution in [0.2, 0.25) is 0 Å². The standard InChI is InChI=1S/C14H12FNO/c1-16-11-6-4-5-10(9-11)14(17)12-7-2-3-8-13(12)15/h2-9,16H,1H3. The van der Waals surface area contributed by atoms with Crippen molar-refractivity contribution in [3.8, 4) is 0 Å². The molecule has 0 unspecified atom stereocenters. The Bertz CT molecular complexity index is 551. The Balaban J connectivity index is 2.40. The van der Waals surface area contributed by atoms with Crippen molar-refractivity contribution >= 4 is 11.5 Å². The van der Waals surface area contributed by atoms with E-state index in [4.69, 9.17) is 0 Å². The summed E-state index contributed by atoms with van der Waals surface area (Å²) in [5.41, 5.74) is 1.40. The zero-order valence-electron chi connectivity index (χ0n) is 9.41. The predicted octanol–water partition coefficient (Wildman–Crippen LogP) is 3.10. The van der Waals surface area contributed by atoms with Crippen LogP contribution >= 0.6 is 0 Å². The summed E-state index contributed by atoms with van der Waals surface area (Å²) in [5, 5.41) is 2.94. The molecule has 0 radical (unpaired) electrons. The van der Waals surface area contributed by atoms with Gasteiger partial charge in [0.05, 0.1) is 5.56 Å². The zero-order valence-corrected chi connectivity index (χ0v) is 9.41. The molecule has 0 bridgehead atoms. The van der Waals surface area contributed by atoms with Crippen molar-refractivity contribution in [2.75, 3.05) is 12.4 Å². The maximum absolute atomic E-state index is 13.5. The van der Waals surface area contributed by atoms with Gasteiger partial charge in [-0.3, -0.25) is 4.79 Å². The zero-order chi connectivity index (χ0) is 12.3. The monoisotopic (exact) mass is 229 g/mol. The third-order valence-electron chi connectivity index (χ3n) is 2.53. The molecular weight excluding hydrogens is 217 g/mol. The van der Waals surface area contributed by atoms with E-state index in [1.165, 1.54) is 12.1 Å². The average molecular weight is 229 g/mol. The summed E-state index contributed by atoms with van der Waals surface area (Å²) in [4.78, 5) is 12.1. The Labute approximate surface area is 99.1 Å². The molecule has 0 aliphatic rings. The first-order valence-electron chi connectivity index (χ1n) is 5.29. The van der Waals surface area contributed by atoms with Gasteiger partial charge in [0.1, 0.15) is 5.82 Å². The van der Waals surface area contributed by atoms with Crippen molar-refractivity contribution in [1.29, 1.82) is 0 Å². The smallest absolute Gasteiger partial charge is 0.196 e. The predicted molar refractivity (Wildman–Crippen MR) is 65.8 cm³/mol. The first-order chi connectivity index (χ1) is 8.22. The fourth-order valence-electron chi connectivity index (χ4n) is 1.62. The summed E-state index contributed by atoms with van der Waals surface area (Å²) in [6.45, 7) is 0. The molecule has 1 N–H and O–H groups in total. The Hall–Kier alpha value is -2.16. The molecule has 0 aromatic heterocycles. The van der Waals surface area contributed by atoms with Crippen LogP contribution in [0.15, 0.2) is 48.5 Å². The molecule has 0 spiro atoms. The molecule has 2 aromatic rings. The van der Waals surface area contributed by atoms with Gasteiger partial charge in [-0.25, -0.2) is 4.39 Å². The van der Waals surface area contributed by atoms with Gasteiger partial charge in [0.15, 0.2) is 5.78 Å². The number of halogens is 1. The molecule has 86 valence electrons. The number of hydrogen-bond acceptors (Lipinski definition) is 2. The van der Waals surface area contributed by atoms with Crippen molar-refractivity contribution in [1.82, 2.24) is 0 Å². The first-order valence-corrected chi connectivity index (χ1v) is 5.29. The number of carbonyl (C=O) groups is 1. The number of nitrogens with one attached hydrogen (secondary N) is 1. The van der Waals surface area contributed by atoms with Crippen LogP contribution in [0, 0.1) is 5.82 Å². The van der Waals surface area contributed by atoms with E-state index in [1.807, 2.05) is 6.07 Å². The minimum absolute atomic E-state index is 0.0979. The number of ketones is 1. The molecule has 2 aromatic carbocycles. The van der Waals surface area contributed by atoms with E-state index in [0.717, 1.165) is 5.69 Å². The van der Waals surface area contributed by atoms with Crippen molar-refractivity contribution in [2.45, 2.75) is 0 Å². The highest BCUT2D eigenvalue weighted by molar-refractivity contribution is 6.09. The van der Waals surface area contributed by atoms with E-state index in [0.29, 0.717) is 5.56 Å². The van der Waals surface area contributed by atoms with Crippen molar-refractivity contribution < 1.29 is 9.18 Å². The van der Waals surface area contributed by atoms with Gasteiger partial charge in [-0.1, -0.05) is 24.3 Å². The van der Waals surface area contributed by atoms with Gasteiger partial charge in [-0.15, -0.1) is 0 Å². The normalized spacial score (nSPS) is 10.0. The van der Waals surface area contributed by atoms with Crippen LogP contribution < -0.4 is 5.32 Å². The molecule has 0 saturated carbocycles. The molecule has 0 heterocycles. The number of rotatable bonds is 3. The molecule has 2 nitrogen and oxygen atoms in total. The lowest BCUT2D eigenvalue weighted by atomic mass is 10.0. The van der Waals surface area contributed by atoms with Gasteiger partial charge in [0.2, 0.25) is 0 Å². The summed E-state index contributed by atoms with van der Waals surface area (Å²) < 4.78 is 13.5. The fourth-order valence-corrected chi connectivity index (χ4v) is 1.62. The first kappa shape index (κ1) is 11.3. The summed E-state index contributed by atoms with van der Waals surface area (Å²) in [5.74, 6) is -0.799.